The standard InChI is InChI=1S/C9H6N2O4S/c12-7-1-2-8(13)11(7)3-6-10-5(4-16-6)9(14)15/h1-2,4H,3H2,(H,14,15). The van der Waals surface area contributed by atoms with Crippen molar-refractivity contribution < 1.29 is 19.5 Å². The van der Waals surface area contributed by atoms with Crippen LogP contribution in [0.15, 0.2) is 17.5 Å². The van der Waals surface area contributed by atoms with Crippen molar-refractivity contribution in [3.05, 3.63) is 28.2 Å². The molecule has 2 amide bonds. The van der Waals surface area contributed by atoms with Crippen LogP contribution >= 0.6 is 11.3 Å². The Morgan fingerprint density at radius 1 is 1.38 bits per heavy atom. The predicted octanol–water partition coefficient (Wildman–Crippen LogP) is 0.266. The fourth-order valence-electron chi connectivity index (χ4n) is 1.20. The van der Waals surface area contributed by atoms with Crippen molar-refractivity contribution in [3.63, 3.8) is 0 Å². The summed E-state index contributed by atoms with van der Waals surface area (Å²) < 4.78 is 0. The number of rotatable bonds is 3. The number of thiazole rings is 1. The molecule has 1 N–H and O–H groups in total. The van der Waals surface area contributed by atoms with Gasteiger partial charge < -0.3 is 5.11 Å². The van der Waals surface area contributed by atoms with Crippen molar-refractivity contribution >= 4 is 29.1 Å². The third-order valence-electron chi connectivity index (χ3n) is 1.96. The number of carbonyl (C=O) groups is 3. The van der Waals surface area contributed by atoms with Crippen LogP contribution < -0.4 is 0 Å². The van der Waals surface area contributed by atoms with Crippen LogP contribution in [-0.2, 0) is 16.1 Å². The Balaban J connectivity index is 2.12. The summed E-state index contributed by atoms with van der Waals surface area (Å²) in [5, 5.41) is 10.4. The molecule has 0 aliphatic carbocycles. The third kappa shape index (κ3) is 1.84. The minimum atomic E-state index is -1.13. The zero-order valence-electron chi connectivity index (χ0n) is 7.91. The number of hydrogen-bond donors (Lipinski definition) is 1. The van der Waals surface area contributed by atoms with Crippen LogP contribution in [0, 0.1) is 0 Å². The molecule has 0 fully saturated rings. The number of carboxylic acids is 1. The van der Waals surface area contributed by atoms with Crippen LogP contribution in [0.2, 0.25) is 0 Å². The van der Waals surface area contributed by atoms with Gasteiger partial charge in [0.15, 0.2) is 5.69 Å². The second kappa shape index (κ2) is 3.86. The second-order valence-corrected chi connectivity index (χ2v) is 3.97. The number of amides is 2. The highest BCUT2D eigenvalue weighted by Gasteiger charge is 2.24. The Kier molecular flexibility index (Phi) is 2.53. The van der Waals surface area contributed by atoms with Gasteiger partial charge in [-0.15, -0.1) is 11.3 Å². The van der Waals surface area contributed by atoms with Gasteiger partial charge in [-0.25, -0.2) is 9.78 Å². The summed E-state index contributed by atoms with van der Waals surface area (Å²) in [4.78, 5) is 37.8. The van der Waals surface area contributed by atoms with Crippen molar-refractivity contribution in [3.8, 4) is 0 Å². The van der Waals surface area contributed by atoms with Gasteiger partial charge in [-0.05, 0) is 0 Å². The molecule has 1 aromatic rings. The molecule has 2 heterocycles. The lowest BCUT2D eigenvalue weighted by molar-refractivity contribution is -0.137. The minimum absolute atomic E-state index is 0.0165. The van der Waals surface area contributed by atoms with Gasteiger partial charge in [-0.2, -0.15) is 0 Å². The Hall–Kier alpha value is -2.02. The summed E-state index contributed by atoms with van der Waals surface area (Å²) in [7, 11) is 0. The van der Waals surface area contributed by atoms with Gasteiger partial charge >= 0.3 is 5.97 Å². The molecule has 0 unspecified atom stereocenters. The minimum Gasteiger partial charge on any atom is -0.476 e. The van der Waals surface area contributed by atoms with E-state index in [1.54, 1.807) is 0 Å². The maximum absolute atomic E-state index is 11.2. The first kappa shape index (κ1) is 10.5. The third-order valence-corrected chi connectivity index (χ3v) is 2.80. The molecule has 0 bridgehead atoms. The average Bonchev–Trinajstić information content (AvgIpc) is 2.80. The fourth-order valence-corrected chi connectivity index (χ4v) is 1.96. The molecule has 0 spiro atoms. The Morgan fingerprint density at radius 3 is 2.50 bits per heavy atom. The lowest BCUT2D eigenvalue weighted by Gasteiger charge is -2.10. The molecule has 2 rings (SSSR count). The van der Waals surface area contributed by atoms with Gasteiger partial charge in [0.1, 0.15) is 5.01 Å². The molecular formula is C9H6N2O4S. The topological polar surface area (TPSA) is 87.6 Å². The molecule has 7 heteroatoms. The van der Waals surface area contributed by atoms with Crippen LogP contribution in [0.1, 0.15) is 15.5 Å². The van der Waals surface area contributed by atoms with E-state index in [1.165, 1.54) is 17.5 Å². The maximum Gasteiger partial charge on any atom is 0.355 e. The van der Waals surface area contributed by atoms with Gasteiger partial charge in [0.2, 0.25) is 0 Å². The van der Waals surface area contributed by atoms with Crippen molar-refractivity contribution in [2.45, 2.75) is 6.54 Å². The number of imide groups is 1. The van der Waals surface area contributed by atoms with Crippen molar-refractivity contribution in [2.75, 3.05) is 0 Å². The molecule has 0 saturated carbocycles. The zero-order valence-corrected chi connectivity index (χ0v) is 8.73. The van der Waals surface area contributed by atoms with Crippen molar-refractivity contribution in [1.29, 1.82) is 0 Å². The summed E-state index contributed by atoms with van der Waals surface area (Å²) in [6, 6.07) is 0. The average molecular weight is 238 g/mol. The first-order chi connectivity index (χ1) is 7.58. The van der Waals surface area contributed by atoms with E-state index in [4.69, 9.17) is 5.11 Å². The van der Waals surface area contributed by atoms with E-state index in [2.05, 4.69) is 4.98 Å². The van der Waals surface area contributed by atoms with Gasteiger partial charge in [0, 0.05) is 17.5 Å². The first-order valence-electron chi connectivity index (χ1n) is 4.29. The summed E-state index contributed by atoms with van der Waals surface area (Å²) in [5.41, 5.74) is -0.0768. The van der Waals surface area contributed by atoms with E-state index in [1.807, 2.05) is 0 Å². The quantitative estimate of drug-likeness (QED) is 0.763. The van der Waals surface area contributed by atoms with Gasteiger partial charge in [0.25, 0.3) is 11.8 Å². The molecule has 0 atom stereocenters. The highest BCUT2D eigenvalue weighted by molar-refractivity contribution is 7.09. The summed E-state index contributed by atoms with van der Waals surface area (Å²) in [6.45, 7) is 0.0165. The Bertz CT molecular complexity index is 487. The highest BCUT2D eigenvalue weighted by Crippen LogP contribution is 2.15. The summed E-state index contributed by atoms with van der Waals surface area (Å²) >= 11 is 1.10. The van der Waals surface area contributed by atoms with Crippen LogP contribution in [0.3, 0.4) is 0 Å². The molecular weight excluding hydrogens is 232 g/mol. The van der Waals surface area contributed by atoms with E-state index in [-0.39, 0.29) is 12.2 Å². The molecule has 1 aliphatic rings. The zero-order chi connectivity index (χ0) is 11.7. The van der Waals surface area contributed by atoms with Crippen LogP contribution in [-0.4, -0.2) is 32.8 Å². The largest absolute Gasteiger partial charge is 0.476 e. The van der Waals surface area contributed by atoms with Crippen LogP contribution in [0.5, 0.6) is 0 Å². The van der Waals surface area contributed by atoms with Crippen molar-refractivity contribution in [1.82, 2.24) is 9.88 Å². The number of aromatic carboxylic acids is 1. The number of nitrogens with zero attached hydrogens (tertiary/aromatic N) is 2. The monoisotopic (exact) mass is 238 g/mol. The van der Waals surface area contributed by atoms with Gasteiger partial charge in [0.05, 0.1) is 6.54 Å². The van der Waals surface area contributed by atoms with Gasteiger partial charge in [-0.1, -0.05) is 0 Å². The SMILES string of the molecule is O=C(O)c1csc(CN2C(=O)C=CC2=O)n1. The molecule has 82 valence electrons. The van der Waals surface area contributed by atoms with Gasteiger partial charge in [-0.3, -0.25) is 14.5 Å². The van der Waals surface area contributed by atoms with E-state index in [0.717, 1.165) is 16.2 Å². The number of carboxylic acid groups (broad SMARTS) is 1. The molecule has 0 radical (unpaired) electrons. The molecule has 16 heavy (non-hydrogen) atoms. The fraction of sp³-hybridized carbons (Fsp3) is 0.111. The van der Waals surface area contributed by atoms with E-state index in [0.29, 0.717) is 5.01 Å². The Labute approximate surface area is 93.8 Å². The molecule has 0 saturated heterocycles. The number of carbonyl (C=O) groups excluding carboxylic acids is 2. The molecule has 1 aromatic heterocycles. The molecule has 1 aliphatic heterocycles. The maximum atomic E-state index is 11.2. The second-order valence-electron chi connectivity index (χ2n) is 3.03. The normalized spacial score (nSPS) is 14.9. The van der Waals surface area contributed by atoms with Crippen LogP contribution in [0.25, 0.3) is 0 Å². The van der Waals surface area contributed by atoms with Crippen molar-refractivity contribution in [2.24, 2.45) is 0 Å². The highest BCUT2D eigenvalue weighted by atomic mass is 32.1. The smallest absolute Gasteiger partial charge is 0.355 e. The number of hydrogen-bond acceptors (Lipinski definition) is 5. The molecule has 6 nitrogen and oxygen atoms in total. The molecule has 0 aromatic carbocycles. The summed E-state index contributed by atoms with van der Waals surface area (Å²) in [5.74, 6) is -1.94. The van der Waals surface area contributed by atoms with Crippen LogP contribution in [0.4, 0.5) is 0 Å². The summed E-state index contributed by atoms with van der Waals surface area (Å²) in [6.07, 6.45) is 2.35. The van der Waals surface area contributed by atoms with E-state index in [9.17, 15) is 14.4 Å². The number of aromatic nitrogens is 1. The first-order valence-corrected chi connectivity index (χ1v) is 5.17. The van der Waals surface area contributed by atoms with E-state index >= 15 is 0 Å². The van der Waals surface area contributed by atoms with E-state index < -0.39 is 17.8 Å². The predicted molar refractivity (Wildman–Crippen MR) is 53.8 cm³/mol. The lowest BCUT2D eigenvalue weighted by Crippen LogP contribution is -2.29. The Morgan fingerprint density at radius 2 is 2.00 bits per heavy atom. The lowest BCUT2D eigenvalue weighted by atomic mass is 10.5.